The molecular formula is C47H76F12O10. The lowest BCUT2D eigenvalue weighted by molar-refractivity contribution is -0.299. The molecule has 0 saturated heterocycles. The summed E-state index contributed by atoms with van der Waals surface area (Å²) in [4.78, 5) is 36.1. The summed E-state index contributed by atoms with van der Waals surface area (Å²) < 4.78 is 171. The van der Waals surface area contributed by atoms with Crippen molar-refractivity contribution in [3.8, 4) is 0 Å². The zero-order valence-corrected chi connectivity index (χ0v) is 42.2. The molecule has 3 fully saturated rings. The number of rotatable bonds is 15. The molecule has 11 unspecified atom stereocenters. The highest BCUT2D eigenvalue weighted by Crippen LogP contribution is 2.54. The van der Waals surface area contributed by atoms with Gasteiger partial charge in [0.2, 0.25) is 0 Å². The van der Waals surface area contributed by atoms with E-state index in [4.69, 9.17) is 14.2 Å². The van der Waals surface area contributed by atoms with Gasteiger partial charge in [0, 0.05) is 18.3 Å². The molecule has 0 amide bonds. The monoisotopic (exact) mass is 1030 g/mol. The molecule has 0 aromatic rings. The van der Waals surface area contributed by atoms with Gasteiger partial charge in [-0.15, -0.1) is 0 Å². The molecule has 22 heteroatoms. The van der Waals surface area contributed by atoms with E-state index in [0.717, 1.165) is 13.3 Å². The summed E-state index contributed by atoms with van der Waals surface area (Å²) >= 11 is 0. The van der Waals surface area contributed by atoms with Gasteiger partial charge < -0.3 is 34.6 Å². The van der Waals surface area contributed by atoms with Crippen molar-refractivity contribution in [3.05, 3.63) is 0 Å². The molecule has 69 heavy (non-hydrogen) atoms. The van der Waals surface area contributed by atoms with E-state index >= 15 is 0 Å². The summed E-state index contributed by atoms with van der Waals surface area (Å²) in [6, 6.07) is 0. The first-order valence-corrected chi connectivity index (χ1v) is 23.3. The molecule has 2 bridgehead atoms. The minimum atomic E-state index is -5.10. The molecule has 0 aromatic carbocycles. The Morgan fingerprint density at radius 1 is 0.493 bits per heavy atom. The maximum Gasteiger partial charge on any atom is 0.417 e. The Kier molecular flexibility index (Phi) is 20.8. The Morgan fingerprint density at radius 2 is 0.870 bits per heavy atom. The van der Waals surface area contributed by atoms with Crippen LogP contribution in [0.5, 0.6) is 0 Å². The molecule has 0 spiro atoms. The molecule has 0 radical (unpaired) electrons. The summed E-state index contributed by atoms with van der Waals surface area (Å²) in [5, 5.41) is 38.9. The minimum absolute atomic E-state index is 0.108. The number of esters is 3. The molecule has 10 nitrogen and oxygen atoms in total. The van der Waals surface area contributed by atoms with Crippen LogP contribution in [-0.2, 0) is 28.6 Å². The van der Waals surface area contributed by atoms with Crippen LogP contribution in [0.1, 0.15) is 168 Å². The van der Waals surface area contributed by atoms with Crippen molar-refractivity contribution >= 4 is 17.9 Å². The van der Waals surface area contributed by atoms with Crippen LogP contribution in [0, 0.1) is 45.8 Å². The van der Waals surface area contributed by atoms with Gasteiger partial charge in [-0.3, -0.25) is 14.4 Å². The van der Waals surface area contributed by atoms with Crippen molar-refractivity contribution in [1.29, 1.82) is 0 Å². The SMILES string of the molecule is CCC(C)(C)C(=O)OC(C)CC(C)(O)C(F)(F)F.CCC(C)(C)C(=O)OC1CC(C(C)(O)C(F)(F)F)CC(C(C)(O)C(F)(F)F)C1.CCC(C)(C)C(=O)OC1CC2CC1CC2CC(C)(O)C(F)(F)F. The number of carbonyl (C=O) groups is 3. The topological polar surface area (TPSA) is 160 Å². The second-order valence-electron chi connectivity index (χ2n) is 22.2. The molecule has 408 valence electrons. The van der Waals surface area contributed by atoms with Crippen molar-refractivity contribution in [3.63, 3.8) is 0 Å². The highest BCUT2D eigenvalue weighted by atomic mass is 19.4. The molecule has 3 rings (SSSR count). The summed E-state index contributed by atoms with van der Waals surface area (Å²) in [5.41, 5.74) is -14.3. The third-order valence-electron chi connectivity index (χ3n) is 15.1. The molecule has 3 saturated carbocycles. The van der Waals surface area contributed by atoms with Crippen LogP contribution in [-0.4, -0.2) is 104 Å². The van der Waals surface area contributed by atoms with Gasteiger partial charge in [-0.2, -0.15) is 52.7 Å². The molecule has 3 aliphatic rings. The molecule has 0 aliphatic heterocycles. The summed E-state index contributed by atoms with van der Waals surface area (Å²) in [7, 11) is 0. The minimum Gasteiger partial charge on any atom is -0.462 e. The fourth-order valence-electron chi connectivity index (χ4n) is 8.21. The first kappa shape index (κ1) is 64.4. The van der Waals surface area contributed by atoms with E-state index in [9.17, 15) is 87.5 Å². The molecule has 0 aromatic heterocycles. The number of hydrogen-bond donors (Lipinski definition) is 4. The van der Waals surface area contributed by atoms with Crippen LogP contribution in [0.2, 0.25) is 0 Å². The third-order valence-corrected chi connectivity index (χ3v) is 15.1. The predicted molar refractivity (Wildman–Crippen MR) is 229 cm³/mol. The molecule has 11 atom stereocenters. The van der Waals surface area contributed by atoms with Gasteiger partial charge in [-0.25, -0.2) is 0 Å². The molecule has 4 N–H and O–H groups in total. The smallest absolute Gasteiger partial charge is 0.417 e. The van der Waals surface area contributed by atoms with Crippen molar-refractivity contribution in [2.24, 2.45) is 45.8 Å². The average molecular weight is 1030 g/mol. The van der Waals surface area contributed by atoms with Crippen LogP contribution in [0.3, 0.4) is 0 Å². The van der Waals surface area contributed by atoms with Gasteiger partial charge in [0.05, 0.1) is 16.2 Å². The van der Waals surface area contributed by atoms with Gasteiger partial charge >= 0.3 is 42.6 Å². The zero-order chi connectivity index (χ0) is 54.8. The maximum atomic E-state index is 13.3. The Bertz CT molecular complexity index is 1660. The van der Waals surface area contributed by atoms with E-state index in [1.807, 2.05) is 20.8 Å². The fraction of sp³-hybridized carbons (Fsp3) is 0.936. The van der Waals surface area contributed by atoms with Crippen molar-refractivity contribution in [1.82, 2.24) is 0 Å². The van der Waals surface area contributed by atoms with Gasteiger partial charge in [0.1, 0.15) is 18.3 Å². The lowest BCUT2D eigenvalue weighted by atomic mass is 9.67. The van der Waals surface area contributed by atoms with Crippen molar-refractivity contribution < 1.29 is 102 Å². The van der Waals surface area contributed by atoms with E-state index in [0.29, 0.717) is 52.9 Å². The van der Waals surface area contributed by atoms with Gasteiger partial charge in [0.25, 0.3) is 0 Å². The standard InChI is InChI=1S/C18H28F6O4.C17H27F3O3.C12H21F3O3/c1-6-14(2,3)13(25)28-12-8-10(15(4,26)17(19,20)21)7-11(9-12)16(5,27)18(22,23)24;1-5-15(2,3)14(21)23-13-8-10-6-11(13)7-12(10)9-16(4,22)17(18,19)20;1-6-10(3,4)9(16)18-8(2)7-11(5,17)12(13,14)15/h10-12,26-27H,6-9H2,1-5H3;10-13,22H,5-9H2,1-4H3;8,17H,6-7H2,1-5H3. The highest BCUT2D eigenvalue weighted by Gasteiger charge is 2.62. The number of ether oxygens (including phenoxy) is 3. The van der Waals surface area contributed by atoms with Crippen LogP contribution < -0.4 is 0 Å². The van der Waals surface area contributed by atoms with E-state index in [1.54, 1.807) is 41.5 Å². The summed E-state index contributed by atoms with van der Waals surface area (Å²) in [5.74, 6) is -4.80. The van der Waals surface area contributed by atoms with Crippen molar-refractivity contribution in [2.45, 2.75) is 233 Å². The maximum absolute atomic E-state index is 13.3. The third kappa shape index (κ3) is 16.5. The second kappa shape index (κ2) is 22.3. The van der Waals surface area contributed by atoms with Crippen LogP contribution in [0.4, 0.5) is 52.7 Å². The normalized spacial score (nSPS) is 27.7. The largest absolute Gasteiger partial charge is 0.462 e. The summed E-state index contributed by atoms with van der Waals surface area (Å²) in [6.07, 6.45) is -21.0. The lowest BCUT2D eigenvalue weighted by Crippen LogP contribution is -2.57. The highest BCUT2D eigenvalue weighted by molar-refractivity contribution is 5.77. The van der Waals surface area contributed by atoms with Crippen LogP contribution >= 0.6 is 0 Å². The first-order chi connectivity index (χ1) is 30.5. The molecule has 3 aliphatic carbocycles. The van der Waals surface area contributed by atoms with Crippen molar-refractivity contribution in [2.75, 3.05) is 0 Å². The number of halogens is 12. The van der Waals surface area contributed by atoms with Gasteiger partial charge in [-0.05, 0) is 158 Å². The number of hydrogen-bond acceptors (Lipinski definition) is 10. The number of carbonyl (C=O) groups excluding carboxylic acids is 3. The molecular weight excluding hydrogens is 952 g/mol. The summed E-state index contributed by atoms with van der Waals surface area (Å²) in [6.45, 7) is 19.3. The molecule has 0 heterocycles. The van der Waals surface area contributed by atoms with Crippen LogP contribution in [0.15, 0.2) is 0 Å². The van der Waals surface area contributed by atoms with E-state index in [-0.39, 0.29) is 36.2 Å². The van der Waals surface area contributed by atoms with E-state index < -0.39 is 125 Å². The van der Waals surface area contributed by atoms with E-state index in [2.05, 4.69) is 0 Å². The Hall–Kier alpha value is -2.59. The van der Waals surface area contributed by atoms with E-state index in [1.165, 1.54) is 6.92 Å². The number of alkyl halides is 12. The Balaban J connectivity index is 0.000000531. The van der Waals surface area contributed by atoms with Gasteiger partial charge in [-0.1, -0.05) is 20.8 Å². The Labute approximate surface area is 398 Å². The predicted octanol–water partition coefficient (Wildman–Crippen LogP) is 11.5. The average Bonchev–Trinajstić information content (AvgIpc) is 3.75. The number of aliphatic hydroxyl groups is 4. The second-order valence-corrected chi connectivity index (χ2v) is 22.2. The Morgan fingerprint density at radius 3 is 1.20 bits per heavy atom. The van der Waals surface area contributed by atoms with Crippen LogP contribution in [0.25, 0.3) is 0 Å². The zero-order valence-electron chi connectivity index (χ0n) is 42.2. The lowest BCUT2D eigenvalue weighted by Gasteiger charge is -2.46. The number of fused-ring (bicyclic) bond motifs is 2. The quantitative estimate of drug-likeness (QED) is 0.0706. The fourth-order valence-corrected chi connectivity index (χ4v) is 8.21. The van der Waals surface area contributed by atoms with Gasteiger partial charge in [0.15, 0.2) is 22.4 Å². The first-order valence-electron chi connectivity index (χ1n) is 23.3.